The first-order valence-corrected chi connectivity index (χ1v) is 5.53. The molecule has 0 radical (unpaired) electrons. The van der Waals surface area contributed by atoms with Gasteiger partial charge in [0.05, 0.1) is 19.3 Å². The summed E-state index contributed by atoms with van der Waals surface area (Å²) in [5, 5.41) is 9.00. The Bertz CT molecular complexity index is 429. The standard InChI is InChI=1S/C12H20N2O3.ClH/c1-7-10(5-9(13)6-15)11(12(16)17-4)8(2)14(7)3;/h9,15H,5-6,13H2,1-4H3;1H. The smallest absolute Gasteiger partial charge is 0.339 e. The van der Waals surface area contributed by atoms with Gasteiger partial charge in [0.15, 0.2) is 0 Å². The lowest BCUT2D eigenvalue weighted by molar-refractivity contribution is 0.0598. The van der Waals surface area contributed by atoms with Crippen LogP contribution in [0.5, 0.6) is 0 Å². The minimum absolute atomic E-state index is 0. The lowest BCUT2D eigenvalue weighted by Gasteiger charge is -2.09. The molecule has 3 N–H and O–H groups in total. The molecule has 1 heterocycles. The van der Waals surface area contributed by atoms with Crippen molar-refractivity contribution in [1.29, 1.82) is 0 Å². The minimum atomic E-state index is -0.362. The molecule has 1 aromatic rings. The summed E-state index contributed by atoms with van der Waals surface area (Å²) < 4.78 is 6.72. The number of carbonyl (C=O) groups is 1. The highest BCUT2D eigenvalue weighted by Gasteiger charge is 2.23. The van der Waals surface area contributed by atoms with Crippen LogP contribution in [-0.4, -0.2) is 35.4 Å². The molecule has 1 aromatic heterocycles. The van der Waals surface area contributed by atoms with Crippen LogP contribution in [0.1, 0.15) is 27.3 Å². The summed E-state index contributed by atoms with van der Waals surface area (Å²) in [5.74, 6) is -0.355. The Labute approximate surface area is 113 Å². The number of halogens is 1. The van der Waals surface area contributed by atoms with Crippen molar-refractivity contribution in [1.82, 2.24) is 4.57 Å². The van der Waals surface area contributed by atoms with Crippen LogP contribution in [0.25, 0.3) is 0 Å². The van der Waals surface area contributed by atoms with E-state index in [0.29, 0.717) is 12.0 Å². The molecule has 1 unspecified atom stereocenters. The Morgan fingerprint density at radius 1 is 1.44 bits per heavy atom. The fourth-order valence-electron chi connectivity index (χ4n) is 1.97. The molecule has 0 amide bonds. The Balaban J connectivity index is 0.00000289. The number of hydrogen-bond donors (Lipinski definition) is 2. The quantitative estimate of drug-likeness (QED) is 0.794. The molecule has 104 valence electrons. The van der Waals surface area contributed by atoms with Crippen molar-refractivity contribution in [3.8, 4) is 0 Å². The van der Waals surface area contributed by atoms with E-state index in [1.807, 2.05) is 25.5 Å². The molecule has 1 atom stereocenters. The number of hydrogen-bond acceptors (Lipinski definition) is 4. The Kier molecular flexibility index (Phi) is 6.38. The van der Waals surface area contributed by atoms with Gasteiger partial charge >= 0.3 is 5.97 Å². The molecule has 0 aliphatic rings. The van der Waals surface area contributed by atoms with Gasteiger partial charge in [0.2, 0.25) is 0 Å². The van der Waals surface area contributed by atoms with Crippen LogP contribution < -0.4 is 5.73 Å². The normalized spacial score (nSPS) is 11.9. The van der Waals surface area contributed by atoms with E-state index in [1.165, 1.54) is 7.11 Å². The number of aromatic nitrogens is 1. The average Bonchev–Trinajstić information content (AvgIpc) is 2.53. The van der Waals surface area contributed by atoms with Crippen molar-refractivity contribution < 1.29 is 14.6 Å². The third-order valence-electron chi connectivity index (χ3n) is 3.20. The third-order valence-corrected chi connectivity index (χ3v) is 3.20. The van der Waals surface area contributed by atoms with E-state index in [9.17, 15) is 4.79 Å². The van der Waals surface area contributed by atoms with E-state index < -0.39 is 0 Å². The molecular weight excluding hydrogens is 256 g/mol. The van der Waals surface area contributed by atoms with E-state index in [0.717, 1.165) is 17.0 Å². The average molecular weight is 277 g/mol. The highest BCUT2D eigenvalue weighted by molar-refractivity contribution is 5.93. The summed E-state index contributed by atoms with van der Waals surface area (Å²) in [7, 11) is 3.25. The number of aliphatic hydroxyl groups is 1. The summed E-state index contributed by atoms with van der Waals surface area (Å²) >= 11 is 0. The molecule has 5 nitrogen and oxygen atoms in total. The highest BCUT2D eigenvalue weighted by Crippen LogP contribution is 2.23. The summed E-state index contributed by atoms with van der Waals surface area (Å²) in [4.78, 5) is 11.8. The van der Waals surface area contributed by atoms with Crippen LogP contribution in [0.2, 0.25) is 0 Å². The largest absolute Gasteiger partial charge is 0.465 e. The Morgan fingerprint density at radius 2 is 2.00 bits per heavy atom. The zero-order valence-electron chi connectivity index (χ0n) is 11.2. The maximum absolute atomic E-state index is 11.8. The van der Waals surface area contributed by atoms with E-state index in [1.54, 1.807) is 0 Å². The zero-order chi connectivity index (χ0) is 13.2. The molecule has 0 aliphatic heterocycles. The van der Waals surface area contributed by atoms with Crippen LogP contribution in [0.3, 0.4) is 0 Å². The van der Waals surface area contributed by atoms with Gasteiger partial charge in [-0.15, -0.1) is 12.4 Å². The number of methoxy groups -OCH3 is 1. The third kappa shape index (κ3) is 3.04. The van der Waals surface area contributed by atoms with Crippen molar-refractivity contribution in [2.75, 3.05) is 13.7 Å². The molecule has 0 saturated carbocycles. The predicted molar refractivity (Wildman–Crippen MR) is 72.2 cm³/mol. The maximum atomic E-state index is 11.8. The first-order chi connectivity index (χ1) is 7.93. The lowest BCUT2D eigenvalue weighted by atomic mass is 10.0. The summed E-state index contributed by atoms with van der Waals surface area (Å²) in [6, 6.07) is -0.362. The second kappa shape index (κ2) is 6.78. The van der Waals surface area contributed by atoms with Crippen LogP contribution in [0.4, 0.5) is 0 Å². The van der Waals surface area contributed by atoms with Gasteiger partial charge in [-0.3, -0.25) is 0 Å². The second-order valence-corrected chi connectivity index (χ2v) is 4.22. The summed E-state index contributed by atoms with van der Waals surface area (Å²) in [6.07, 6.45) is 0.467. The van der Waals surface area contributed by atoms with Gasteiger partial charge < -0.3 is 20.1 Å². The molecular formula is C12H21ClN2O3. The molecule has 18 heavy (non-hydrogen) atoms. The molecule has 0 aliphatic carbocycles. The molecule has 6 heteroatoms. The van der Waals surface area contributed by atoms with E-state index in [4.69, 9.17) is 15.6 Å². The molecule has 0 saturated heterocycles. The number of rotatable bonds is 4. The van der Waals surface area contributed by atoms with Gasteiger partial charge in [-0.2, -0.15) is 0 Å². The molecule has 1 rings (SSSR count). The van der Waals surface area contributed by atoms with Gasteiger partial charge in [-0.05, 0) is 25.8 Å². The van der Waals surface area contributed by atoms with Crippen LogP contribution in [-0.2, 0) is 18.2 Å². The Morgan fingerprint density at radius 3 is 2.44 bits per heavy atom. The summed E-state index contributed by atoms with van der Waals surface area (Å²) in [6.45, 7) is 3.69. The van der Waals surface area contributed by atoms with Crippen molar-refractivity contribution in [2.45, 2.75) is 26.3 Å². The Hall–Kier alpha value is -1.04. The molecule has 0 fully saturated rings. The van der Waals surface area contributed by atoms with Crippen molar-refractivity contribution >= 4 is 18.4 Å². The minimum Gasteiger partial charge on any atom is -0.465 e. The van der Waals surface area contributed by atoms with Gasteiger partial charge in [0.1, 0.15) is 0 Å². The van der Waals surface area contributed by atoms with Crippen LogP contribution in [0, 0.1) is 13.8 Å². The van der Waals surface area contributed by atoms with Gasteiger partial charge in [-0.1, -0.05) is 0 Å². The predicted octanol–water partition coefficient (Wildman–Crippen LogP) is 0.712. The number of nitrogens with two attached hydrogens (primary N) is 1. The zero-order valence-corrected chi connectivity index (χ0v) is 12.0. The number of esters is 1. The maximum Gasteiger partial charge on any atom is 0.339 e. The van der Waals surface area contributed by atoms with Crippen molar-refractivity contribution in [3.05, 3.63) is 22.5 Å². The number of carbonyl (C=O) groups excluding carboxylic acids is 1. The lowest BCUT2D eigenvalue weighted by Crippen LogP contribution is -2.27. The number of ether oxygens (including phenoxy) is 1. The van der Waals surface area contributed by atoms with Gasteiger partial charge in [0, 0.05) is 24.5 Å². The van der Waals surface area contributed by atoms with Crippen molar-refractivity contribution in [2.24, 2.45) is 12.8 Å². The van der Waals surface area contributed by atoms with E-state index >= 15 is 0 Å². The fourth-order valence-corrected chi connectivity index (χ4v) is 1.97. The van der Waals surface area contributed by atoms with Gasteiger partial charge in [0.25, 0.3) is 0 Å². The number of nitrogens with zero attached hydrogens (tertiary/aromatic N) is 1. The van der Waals surface area contributed by atoms with Crippen molar-refractivity contribution in [3.63, 3.8) is 0 Å². The van der Waals surface area contributed by atoms with Gasteiger partial charge in [-0.25, -0.2) is 4.79 Å². The fraction of sp³-hybridized carbons (Fsp3) is 0.583. The summed E-state index contributed by atoms with van der Waals surface area (Å²) in [5.41, 5.74) is 8.99. The monoisotopic (exact) mass is 276 g/mol. The molecule has 0 bridgehead atoms. The van der Waals surface area contributed by atoms with E-state index in [-0.39, 0.29) is 31.0 Å². The first kappa shape index (κ1) is 17.0. The topological polar surface area (TPSA) is 77.5 Å². The second-order valence-electron chi connectivity index (χ2n) is 4.22. The van der Waals surface area contributed by atoms with E-state index in [2.05, 4.69) is 0 Å². The molecule has 0 aromatic carbocycles. The van der Waals surface area contributed by atoms with Crippen LogP contribution >= 0.6 is 12.4 Å². The first-order valence-electron chi connectivity index (χ1n) is 5.53. The SMILES string of the molecule is COC(=O)c1c(CC(N)CO)c(C)n(C)c1C.Cl. The highest BCUT2D eigenvalue weighted by atomic mass is 35.5. The molecule has 0 spiro atoms. The van der Waals surface area contributed by atoms with Crippen LogP contribution in [0.15, 0.2) is 0 Å². The number of aliphatic hydroxyl groups excluding tert-OH is 1.